The van der Waals surface area contributed by atoms with Gasteiger partial charge in [-0.25, -0.2) is 4.79 Å². The molecule has 5 nitrogen and oxygen atoms in total. The van der Waals surface area contributed by atoms with Crippen molar-refractivity contribution in [2.24, 2.45) is 0 Å². The third-order valence-corrected chi connectivity index (χ3v) is 6.63. The van der Waals surface area contributed by atoms with Gasteiger partial charge >= 0.3 is 25.9 Å². The second kappa shape index (κ2) is 7.16. The summed E-state index contributed by atoms with van der Waals surface area (Å²) in [4.78, 5) is 11.3. The number of carbonyl (C=O) groups excluding carboxylic acids is 1. The molecule has 0 atom stereocenters. The summed E-state index contributed by atoms with van der Waals surface area (Å²) in [5.41, 5.74) is 0. The van der Waals surface area contributed by atoms with Crippen LogP contribution in [0.25, 0.3) is 0 Å². The minimum absolute atomic E-state index is 0.761. The fourth-order valence-electron chi connectivity index (χ4n) is 0.750. The van der Waals surface area contributed by atoms with Gasteiger partial charge in [-0.1, -0.05) is 0 Å². The average Bonchev–Trinajstić information content (AvgIpc) is 2.30. The summed E-state index contributed by atoms with van der Waals surface area (Å²) in [6.07, 6.45) is -10.0. The van der Waals surface area contributed by atoms with Crippen molar-refractivity contribution in [1.82, 2.24) is 0 Å². The van der Waals surface area contributed by atoms with Crippen LogP contribution in [0.3, 0.4) is 0 Å². The van der Waals surface area contributed by atoms with Gasteiger partial charge in [-0.15, -0.1) is 0 Å². The van der Waals surface area contributed by atoms with Crippen LogP contribution in [0.2, 0.25) is 0 Å². The molecule has 0 amide bonds. The van der Waals surface area contributed by atoms with Crippen molar-refractivity contribution >= 4 is 45.4 Å². The van der Waals surface area contributed by atoms with Gasteiger partial charge in [0.1, 0.15) is 0 Å². The number of esters is 1. The van der Waals surface area contributed by atoms with E-state index in [0.29, 0.717) is 0 Å². The zero-order valence-electron chi connectivity index (χ0n) is 9.93. The van der Waals surface area contributed by atoms with Gasteiger partial charge < -0.3 is 4.74 Å². The van der Waals surface area contributed by atoms with Gasteiger partial charge in [-0.2, -0.15) is 26.3 Å². The zero-order chi connectivity index (χ0) is 17.1. The van der Waals surface area contributed by atoms with Gasteiger partial charge in [0.15, 0.2) is 13.2 Å². The summed E-state index contributed by atoms with van der Waals surface area (Å²) in [6, 6.07) is 0. The highest BCUT2D eigenvalue weighted by Crippen LogP contribution is 2.67. The number of hydrogen-bond donors (Lipinski definition) is 0. The monoisotopic (exact) mass is 474 g/mol. The maximum Gasteiger partial charge on any atom is 0.412 e. The molecule has 0 aliphatic heterocycles. The normalized spacial score (nSPS) is 14.1. The van der Waals surface area contributed by atoms with Crippen molar-refractivity contribution in [2.75, 3.05) is 20.3 Å². The Morgan fingerprint density at radius 3 is 1.57 bits per heavy atom. The zero-order valence-corrected chi connectivity index (χ0v) is 14.0. The Hall–Kier alpha value is 0.160. The molecule has 0 saturated carbocycles. The van der Waals surface area contributed by atoms with Crippen molar-refractivity contribution in [3.8, 4) is 0 Å². The van der Waals surface area contributed by atoms with Crippen LogP contribution >= 0.6 is 39.5 Å². The van der Waals surface area contributed by atoms with Crippen molar-refractivity contribution < 1.29 is 49.5 Å². The Morgan fingerprint density at radius 2 is 1.33 bits per heavy atom. The lowest BCUT2D eigenvalue weighted by Crippen LogP contribution is -2.32. The lowest BCUT2D eigenvalue weighted by molar-refractivity contribution is -0.166. The lowest BCUT2D eigenvalue weighted by atomic mass is 10.7. The Kier molecular flexibility index (Phi) is 7.21. The number of rotatable bonds is 6. The number of carbonyl (C=O) groups is 1. The fraction of sp³-hybridized carbons (Fsp3) is 0.857. The third kappa shape index (κ3) is 6.85. The molecule has 0 unspecified atom stereocenters. The van der Waals surface area contributed by atoms with E-state index in [0.717, 1.165) is 7.11 Å². The highest BCUT2D eigenvalue weighted by atomic mass is 79.9. The molecule has 0 heterocycles. The molecule has 0 aliphatic rings. The van der Waals surface area contributed by atoms with Crippen molar-refractivity contribution in [3.05, 3.63) is 0 Å². The van der Waals surface area contributed by atoms with E-state index < -0.39 is 42.1 Å². The predicted octanol–water partition coefficient (Wildman–Crippen LogP) is 3.95. The summed E-state index contributed by atoms with van der Waals surface area (Å²) >= 11 is 4.72. The summed E-state index contributed by atoms with van der Waals surface area (Å²) in [6.45, 7) is -4.39. The first kappa shape index (κ1) is 21.2. The molecule has 0 rings (SSSR count). The first-order valence-corrected chi connectivity index (χ1v) is 7.76. The van der Waals surface area contributed by atoms with E-state index in [1.807, 2.05) is 0 Å². The van der Waals surface area contributed by atoms with Gasteiger partial charge in [0.2, 0.25) is 0 Å². The summed E-state index contributed by atoms with van der Waals surface area (Å²) in [5.74, 6) is -1.50. The summed E-state index contributed by atoms with van der Waals surface area (Å²) in [7, 11) is -4.51. The van der Waals surface area contributed by atoms with Crippen LogP contribution in [-0.2, 0) is 23.1 Å². The predicted molar refractivity (Wildman–Crippen MR) is 64.2 cm³/mol. The largest absolute Gasteiger partial charge is 0.467 e. The van der Waals surface area contributed by atoms with E-state index >= 15 is 0 Å². The van der Waals surface area contributed by atoms with Crippen LogP contribution in [0.15, 0.2) is 0 Å². The molecule has 0 spiro atoms. The average molecular weight is 476 g/mol. The molecular formula is C7H7Br2F6O5P. The standard InChI is InChI=1S/C7H7Br2F6O5P/c1-18-4(16)7(8,9)21(17,19-2-5(10,11)12)20-3-6(13,14)15/h2-3H2,1H3. The highest BCUT2D eigenvalue weighted by Gasteiger charge is 2.57. The number of alkyl halides is 8. The molecule has 126 valence electrons. The van der Waals surface area contributed by atoms with Crippen molar-refractivity contribution in [2.45, 2.75) is 15.3 Å². The van der Waals surface area contributed by atoms with Crippen LogP contribution in [0.4, 0.5) is 26.3 Å². The molecule has 0 aromatic rings. The lowest BCUT2D eigenvalue weighted by Gasteiger charge is -2.28. The van der Waals surface area contributed by atoms with Crippen molar-refractivity contribution in [3.63, 3.8) is 0 Å². The van der Waals surface area contributed by atoms with Crippen LogP contribution in [0.1, 0.15) is 0 Å². The minimum Gasteiger partial charge on any atom is -0.467 e. The molecule has 0 bridgehead atoms. The Labute approximate surface area is 131 Å². The molecule has 0 aromatic heterocycles. The molecule has 0 aromatic carbocycles. The van der Waals surface area contributed by atoms with Gasteiger partial charge in [-0.05, 0) is 31.9 Å². The first-order chi connectivity index (χ1) is 9.15. The molecule has 0 radical (unpaired) electrons. The number of methoxy groups -OCH3 is 1. The fourth-order valence-corrected chi connectivity index (χ4v) is 3.65. The topological polar surface area (TPSA) is 61.8 Å². The number of ether oxygens (including phenoxy) is 1. The van der Waals surface area contributed by atoms with Crippen LogP contribution in [-0.4, -0.2) is 41.6 Å². The van der Waals surface area contributed by atoms with E-state index in [2.05, 4.69) is 45.6 Å². The molecule has 14 heteroatoms. The molecule has 0 aliphatic carbocycles. The smallest absolute Gasteiger partial charge is 0.412 e. The van der Waals surface area contributed by atoms with Crippen LogP contribution in [0, 0.1) is 0 Å². The second-order valence-corrected chi connectivity index (χ2v) is 10.2. The van der Waals surface area contributed by atoms with Crippen LogP contribution < -0.4 is 0 Å². The van der Waals surface area contributed by atoms with Crippen LogP contribution in [0.5, 0.6) is 0 Å². The highest BCUT2D eigenvalue weighted by molar-refractivity contribution is 9.27. The molecule has 0 N–H and O–H groups in total. The Bertz CT molecular complexity index is 401. The minimum atomic E-state index is -5.27. The second-order valence-electron chi connectivity index (χ2n) is 3.31. The molecule has 0 fully saturated rings. The van der Waals surface area contributed by atoms with E-state index in [1.54, 1.807) is 0 Å². The van der Waals surface area contributed by atoms with Gasteiger partial charge in [-0.3, -0.25) is 13.6 Å². The number of halogens is 8. The number of hydrogen-bond acceptors (Lipinski definition) is 5. The molecule has 21 heavy (non-hydrogen) atoms. The summed E-state index contributed by atoms with van der Waals surface area (Å²) in [5, 5.41) is 0. The molecular weight excluding hydrogens is 469 g/mol. The maximum atomic E-state index is 12.1. The Balaban J connectivity index is 5.35. The van der Waals surface area contributed by atoms with Gasteiger partial charge in [0.05, 0.1) is 7.11 Å². The Morgan fingerprint density at radius 1 is 1.00 bits per heavy atom. The van der Waals surface area contributed by atoms with E-state index in [-0.39, 0.29) is 0 Å². The molecule has 0 saturated heterocycles. The maximum absolute atomic E-state index is 12.1. The van der Waals surface area contributed by atoms with E-state index in [1.165, 1.54) is 0 Å². The SMILES string of the molecule is COC(=O)C(Br)(Br)P(=O)(OCC(F)(F)F)OCC(F)(F)F. The van der Waals surface area contributed by atoms with E-state index in [9.17, 15) is 35.7 Å². The first-order valence-electron chi connectivity index (χ1n) is 4.63. The quantitative estimate of drug-likeness (QED) is 0.252. The third-order valence-electron chi connectivity index (χ3n) is 1.57. The van der Waals surface area contributed by atoms with E-state index in [4.69, 9.17) is 0 Å². The van der Waals surface area contributed by atoms with Gasteiger partial charge in [0.25, 0.3) is 2.97 Å². The van der Waals surface area contributed by atoms with Crippen molar-refractivity contribution in [1.29, 1.82) is 0 Å². The van der Waals surface area contributed by atoms with Gasteiger partial charge in [0, 0.05) is 0 Å². The summed E-state index contributed by atoms with van der Waals surface area (Å²) < 4.78 is 93.6.